The van der Waals surface area contributed by atoms with Gasteiger partial charge in [0.1, 0.15) is 5.69 Å². The first kappa shape index (κ1) is 8.60. The summed E-state index contributed by atoms with van der Waals surface area (Å²) in [5.41, 5.74) is 3.48. The lowest BCUT2D eigenvalue weighted by Gasteiger charge is -2.14. The molecular weight excluding hydrogens is 214 g/mol. The SMILES string of the molecule is O=C(O)c1ncc2n1CCc1scnc1-2. The Kier molecular flexibility index (Phi) is 1.66. The highest BCUT2D eigenvalue weighted by Gasteiger charge is 2.24. The molecule has 0 aromatic carbocycles. The highest BCUT2D eigenvalue weighted by molar-refractivity contribution is 7.10. The van der Waals surface area contributed by atoms with Gasteiger partial charge in [0, 0.05) is 17.8 Å². The fourth-order valence-corrected chi connectivity index (χ4v) is 2.60. The highest BCUT2D eigenvalue weighted by atomic mass is 32.1. The zero-order valence-corrected chi connectivity index (χ0v) is 8.49. The topological polar surface area (TPSA) is 68.0 Å². The van der Waals surface area contributed by atoms with E-state index in [9.17, 15) is 4.79 Å². The van der Waals surface area contributed by atoms with Gasteiger partial charge in [-0.25, -0.2) is 14.8 Å². The number of hydrogen-bond acceptors (Lipinski definition) is 4. The van der Waals surface area contributed by atoms with E-state index in [1.165, 1.54) is 4.88 Å². The van der Waals surface area contributed by atoms with E-state index in [-0.39, 0.29) is 5.82 Å². The maximum absolute atomic E-state index is 10.9. The van der Waals surface area contributed by atoms with Gasteiger partial charge >= 0.3 is 5.97 Å². The van der Waals surface area contributed by atoms with Gasteiger partial charge in [-0.3, -0.25) is 0 Å². The van der Waals surface area contributed by atoms with Gasteiger partial charge in [0.25, 0.3) is 0 Å². The third-order valence-electron chi connectivity index (χ3n) is 2.49. The molecule has 2 aromatic rings. The van der Waals surface area contributed by atoms with Crippen LogP contribution in [0.2, 0.25) is 0 Å². The molecule has 0 radical (unpaired) electrons. The van der Waals surface area contributed by atoms with Crippen molar-refractivity contribution in [2.75, 3.05) is 0 Å². The molecule has 0 aliphatic carbocycles. The molecule has 1 aliphatic rings. The normalized spacial score (nSPS) is 13.3. The van der Waals surface area contributed by atoms with E-state index in [1.54, 1.807) is 27.6 Å². The number of carboxylic acid groups (broad SMARTS) is 1. The van der Waals surface area contributed by atoms with Gasteiger partial charge in [-0.1, -0.05) is 0 Å². The minimum atomic E-state index is -0.986. The van der Waals surface area contributed by atoms with Gasteiger partial charge in [-0.15, -0.1) is 11.3 Å². The van der Waals surface area contributed by atoms with E-state index >= 15 is 0 Å². The van der Waals surface area contributed by atoms with Crippen molar-refractivity contribution in [3.63, 3.8) is 0 Å². The Morgan fingerprint density at radius 2 is 2.40 bits per heavy atom. The molecule has 2 aromatic heterocycles. The monoisotopic (exact) mass is 221 g/mol. The van der Waals surface area contributed by atoms with E-state index in [0.717, 1.165) is 17.8 Å². The first-order valence-corrected chi connectivity index (χ1v) is 5.37. The van der Waals surface area contributed by atoms with Crippen LogP contribution in [0.3, 0.4) is 0 Å². The van der Waals surface area contributed by atoms with Gasteiger partial charge in [-0.05, 0) is 0 Å². The van der Waals surface area contributed by atoms with Crippen molar-refractivity contribution < 1.29 is 9.90 Å². The van der Waals surface area contributed by atoms with Crippen molar-refractivity contribution in [3.8, 4) is 11.4 Å². The van der Waals surface area contributed by atoms with Crippen LogP contribution in [0, 0.1) is 0 Å². The van der Waals surface area contributed by atoms with Gasteiger partial charge < -0.3 is 9.67 Å². The number of aromatic nitrogens is 3. The van der Waals surface area contributed by atoms with Gasteiger partial charge in [0.15, 0.2) is 0 Å². The summed E-state index contributed by atoms with van der Waals surface area (Å²) >= 11 is 1.61. The minimum Gasteiger partial charge on any atom is -0.475 e. The Morgan fingerprint density at radius 1 is 1.53 bits per heavy atom. The molecule has 0 fully saturated rings. The number of thiazole rings is 1. The summed E-state index contributed by atoms with van der Waals surface area (Å²) in [7, 11) is 0. The van der Waals surface area contributed by atoms with E-state index in [2.05, 4.69) is 9.97 Å². The second kappa shape index (κ2) is 2.90. The second-order valence-electron chi connectivity index (χ2n) is 3.30. The average Bonchev–Trinajstić information content (AvgIpc) is 2.82. The lowest BCUT2D eigenvalue weighted by atomic mass is 10.2. The molecule has 3 rings (SSSR count). The molecule has 0 spiro atoms. The van der Waals surface area contributed by atoms with Gasteiger partial charge in [0.05, 0.1) is 17.4 Å². The van der Waals surface area contributed by atoms with Crippen molar-refractivity contribution in [2.45, 2.75) is 13.0 Å². The van der Waals surface area contributed by atoms with Crippen molar-refractivity contribution >= 4 is 17.3 Å². The number of aryl methyl sites for hydroxylation is 1. The first-order chi connectivity index (χ1) is 7.27. The van der Waals surface area contributed by atoms with Crippen LogP contribution in [0.25, 0.3) is 11.4 Å². The van der Waals surface area contributed by atoms with Crippen LogP contribution < -0.4 is 0 Å². The summed E-state index contributed by atoms with van der Waals surface area (Å²) in [6, 6.07) is 0. The fraction of sp³-hybridized carbons (Fsp3) is 0.222. The summed E-state index contributed by atoms with van der Waals surface area (Å²) in [6.07, 6.45) is 2.42. The number of carboxylic acids is 1. The van der Waals surface area contributed by atoms with E-state index in [1.807, 2.05) is 0 Å². The van der Waals surface area contributed by atoms with Crippen LogP contribution in [-0.4, -0.2) is 25.6 Å². The van der Waals surface area contributed by atoms with Crippen molar-refractivity contribution in [3.05, 3.63) is 22.4 Å². The molecule has 15 heavy (non-hydrogen) atoms. The zero-order chi connectivity index (χ0) is 10.4. The Labute approximate surface area is 89.0 Å². The fourth-order valence-electron chi connectivity index (χ4n) is 1.83. The minimum absolute atomic E-state index is 0.101. The summed E-state index contributed by atoms with van der Waals surface area (Å²) in [5, 5.41) is 8.93. The van der Waals surface area contributed by atoms with E-state index in [0.29, 0.717) is 6.54 Å². The Balaban J connectivity index is 2.23. The molecule has 6 heteroatoms. The van der Waals surface area contributed by atoms with Crippen LogP contribution in [0.4, 0.5) is 0 Å². The molecular formula is C9H7N3O2S. The number of hydrogen-bond donors (Lipinski definition) is 1. The van der Waals surface area contributed by atoms with Crippen molar-refractivity contribution in [1.29, 1.82) is 0 Å². The van der Waals surface area contributed by atoms with Crippen molar-refractivity contribution in [1.82, 2.24) is 14.5 Å². The molecule has 76 valence electrons. The predicted molar refractivity (Wildman–Crippen MR) is 54.0 cm³/mol. The highest BCUT2D eigenvalue weighted by Crippen LogP contribution is 2.31. The standard InChI is InChI=1S/C9H7N3O2S/c13-9(14)8-10-3-5-7-6(15-4-11-7)1-2-12(5)8/h3-4H,1-2H2,(H,13,14). The number of imidazole rings is 1. The van der Waals surface area contributed by atoms with Crippen LogP contribution in [0.5, 0.6) is 0 Å². The molecule has 0 amide bonds. The summed E-state index contributed by atoms with van der Waals surface area (Å²) in [4.78, 5) is 20.2. The Hall–Kier alpha value is -1.69. The van der Waals surface area contributed by atoms with Gasteiger partial charge in [0.2, 0.25) is 5.82 Å². The smallest absolute Gasteiger partial charge is 0.372 e. The number of rotatable bonds is 1. The zero-order valence-electron chi connectivity index (χ0n) is 7.67. The molecule has 5 nitrogen and oxygen atoms in total. The predicted octanol–water partition coefficient (Wildman–Crippen LogP) is 1.26. The summed E-state index contributed by atoms with van der Waals surface area (Å²) in [5.74, 6) is -0.886. The molecule has 0 atom stereocenters. The number of aromatic carboxylic acids is 1. The quantitative estimate of drug-likeness (QED) is 0.787. The largest absolute Gasteiger partial charge is 0.475 e. The molecule has 0 bridgehead atoms. The maximum Gasteiger partial charge on any atom is 0.372 e. The molecule has 3 heterocycles. The van der Waals surface area contributed by atoms with Crippen LogP contribution in [0.1, 0.15) is 15.5 Å². The van der Waals surface area contributed by atoms with Crippen LogP contribution >= 0.6 is 11.3 Å². The molecule has 1 N–H and O–H groups in total. The molecule has 0 saturated carbocycles. The van der Waals surface area contributed by atoms with E-state index < -0.39 is 5.97 Å². The molecule has 1 aliphatic heterocycles. The first-order valence-electron chi connectivity index (χ1n) is 4.49. The molecule has 0 saturated heterocycles. The van der Waals surface area contributed by atoms with Crippen molar-refractivity contribution in [2.24, 2.45) is 0 Å². The lowest BCUT2D eigenvalue weighted by Crippen LogP contribution is -2.15. The number of nitrogens with zero attached hydrogens (tertiary/aromatic N) is 3. The number of fused-ring (bicyclic) bond motifs is 3. The van der Waals surface area contributed by atoms with Gasteiger partial charge in [-0.2, -0.15) is 0 Å². The third-order valence-corrected chi connectivity index (χ3v) is 3.39. The second-order valence-corrected chi connectivity index (χ2v) is 4.24. The maximum atomic E-state index is 10.9. The third kappa shape index (κ3) is 1.11. The molecule has 0 unspecified atom stereocenters. The average molecular weight is 221 g/mol. The van der Waals surface area contributed by atoms with Crippen LogP contribution in [0.15, 0.2) is 11.7 Å². The van der Waals surface area contributed by atoms with Crippen LogP contribution in [-0.2, 0) is 13.0 Å². The van der Waals surface area contributed by atoms with E-state index in [4.69, 9.17) is 5.11 Å². The summed E-state index contributed by atoms with van der Waals surface area (Å²) < 4.78 is 1.71. The number of carbonyl (C=O) groups is 1. The Morgan fingerprint density at radius 3 is 3.20 bits per heavy atom. The Bertz CT molecular complexity index is 543. The summed E-state index contributed by atoms with van der Waals surface area (Å²) in [6.45, 7) is 0.673. The lowest BCUT2D eigenvalue weighted by molar-refractivity contribution is 0.0678.